The molecule has 0 heterocycles. The summed E-state index contributed by atoms with van der Waals surface area (Å²) in [5.41, 5.74) is 0. The minimum atomic E-state index is -13.0. The van der Waals surface area contributed by atoms with Gasteiger partial charge in [0, 0.05) is 0 Å². The predicted octanol–water partition coefficient (Wildman–Crippen LogP) is -5.02. The Morgan fingerprint density at radius 3 is 0.400 bits per heavy atom. The van der Waals surface area contributed by atoms with Crippen molar-refractivity contribution in [1.82, 2.24) is 0 Å². The zero-order valence-corrected chi connectivity index (χ0v) is 7.70. The fourth-order valence-corrected chi connectivity index (χ4v) is 0. The van der Waals surface area contributed by atoms with Crippen LogP contribution in [0.3, 0.4) is 0 Å². The average molecular weight is 218 g/mol. The van der Waals surface area contributed by atoms with E-state index in [0.29, 0.717) is 0 Å². The van der Waals surface area contributed by atoms with Gasteiger partial charge in [0.25, 0.3) is 0 Å². The molecule has 9 N–H and O–H groups in total. The van der Waals surface area contributed by atoms with Crippen LogP contribution in [-0.4, -0.2) is 35.4 Å². The van der Waals surface area contributed by atoms with Gasteiger partial charge >= 0.3 is 47.5 Å². The van der Waals surface area contributed by atoms with Gasteiger partial charge in [-0.15, -0.1) is 0 Å². The molecule has 0 saturated carbocycles. The Hall–Kier alpha value is 0.263. The second kappa shape index (κ2) is 0.481. The Kier molecular flexibility index (Phi) is 0.494. The van der Waals surface area contributed by atoms with Gasteiger partial charge in [-0.2, -0.15) is 0 Å². The van der Waals surface area contributed by atoms with E-state index >= 15 is 0 Å². The fraction of sp³-hybridized carbons (Fsp3) is 0. The van der Waals surface area contributed by atoms with Crippen LogP contribution < -0.4 is 0 Å². The second-order valence-electron chi connectivity index (χ2n) is 5.09. The van der Waals surface area contributed by atoms with Gasteiger partial charge in [0.15, 0.2) is 0 Å². The van der Waals surface area contributed by atoms with E-state index in [1.165, 1.54) is 0 Å². The molecule has 0 unspecified atom stereocenters. The summed E-state index contributed by atoms with van der Waals surface area (Å²) < 4.78 is 67.1. The van der Waals surface area contributed by atoms with Gasteiger partial charge in [0.1, 0.15) is 0 Å². The minimum absolute atomic E-state index is 7.46. The summed E-state index contributed by atoms with van der Waals surface area (Å²) in [6.07, 6.45) is 0. The summed E-state index contributed by atoms with van der Waals surface area (Å²) >= 11 is -13.0. The molecule has 0 bridgehead atoms. The van der Waals surface area contributed by atoms with Gasteiger partial charge in [0.05, 0.1) is 0 Å². The summed E-state index contributed by atoms with van der Waals surface area (Å²) in [6.45, 7) is 0. The molecule has 0 rings (SSSR count). The SMILES string of the molecule is [OH][Zn]([OH])([OH])([OH])([OH])([OH])([OH])([OH])[OH]. The molecule has 10 heavy (non-hydrogen) atoms. The quantitative estimate of drug-likeness (QED) is 0.180. The van der Waals surface area contributed by atoms with Crippen LogP contribution in [0.2, 0.25) is 0 Å². The van der Waals surface area contributed by atoms with Crippen LogP contribution in [0.1, 0.15) is 0 Å². The first-order valence-corrected chi connectivity index (χ1v) is 14.8. The Morgan fingerprint density at radius 1 is 0.400 bits per heavy atom. The van der Waals surface area contributed by atoms with Gasteiger partial charge in [-0.1, -0.05) is 0 Å². The van der Waals surface area contributed by atoms with Crippen LogP contribution >= 0.6 is 0 Å². The summed E-state index contributed by atoms with van der Waals surface area (Å²) in [5, 5.41) is 0. The van der Waals surface area contributed by atoms with E-state index in [9.17, 15) is 0 Å². The Balaban J connectivity index is 6.55. The summed E-state index contributed by atoms with van der Waals surface area (Å²) in [5.74, 6) is 0. The molecule has 0 saturated heterocycles. The van der Waals surface area contributed by atoms with Gasteiger partial charge in [0.2, 0.25) is 0 Å². The zero-order chi connectivity index (χ0) is 9.33. The van der Waals surface area contributed by atoms with E-state index < -0.39 is 12.1 Å². The van der Waals surface area contributed by atoms with Crippen molar-refractivity contribution in [2.75, 3.05) is 0 Å². The van der Waals surface area contributed by atoms with E-state index in [1.807, 2.05) is 0 Å². The van der Waals surface area contributed by atoms with Crippen molar-refractivity contribution in [3.05, 3.63) is 0 Å². The molecule has 10 heteroatoms. The molecule has 0 spiro atoms. The standard InChI is InChI=1S/9H2O.Zn/h9*1H2;/q;;;;;;;;;+9/p-9. The molecule has 0 aromatic heterocycles. The van der Waals surface area contributed by atoms with Crippen LogP contribution in [0.4, 0.5) is 0 Å². The molecule has 0 amide bonds. The van der Waals surface area contributed by atoms with E-state index in [1.54, 1.807) is 0 Å². The van der Waals surface area contributed by atoms with Gasteiger partial charge in [-0.25, -0.2) is 0 Å². The topological polar surface area (TPSA) is 182 Å². The molecule has 0 aliphatic rings. The van der Waals surface area contributed by atoms with Crippen molar-refractivity contribution in [1.29, 1.82) is 0 Å². The van der Waals surface area contributed by atoms with Crippen molar-refractivity contribution in [2.45, 2.75) is 0 Å². The number of hydrogen-bond acceptors (Lipinski definition) is 9. The van der Waals surface area contributed by atoms with Crippen molar-refractivity contribution in [3.8, 4) is 0 Å². The molecule has 0 fully saturated rings. The van der Waals surface area contributed by atoms with Crippen molar-refractivity contribution >= 4 is 0 Å². The van der Waals surface area contributed by atoms with Crippen LogP contribution in [0.15, 0.2) is 0 Å². The van der Waals surface area contributed by atoms with Crippen LogP contribution in [-0.2, 0) is 12.1 Å². The monoisotopic (exact) mass is 217 g/mol. The second-order valence-corrected chi connectivity index (χ2v) is 26.5. The zero-order valence-electron chi connectivity index (χ0n) is 4.73. The first-order valence-electron chi connectivity index (χ1n) is 2.85. The molecule has 9 nitrogen and oxygen atoms in total. The molecule has 0 aliphatic carbocycles. The summed E-state index contributed by atoms with van der Waals surface area (Å²) in [4.78, 5) is 0. The number of rotatable bonds is 0. The Bertz CT molecular complexity index is 191. The van der Waals surface area contributed by atoms with Gasteiger partial charge < -0.3 is 0 Å². The van der Waals surface area contributed by atoms with Gasteiger partial charge in [-0.05, 0) is 0 Å². The average Bonchev–Trinajstić information content (AvgIpc) is 0.469. The van der Waals surface area contributed by atoms with E-state index in [-0.39, 0.29) is 0 Å². The third-order valence-electron chi connectivity index (χ3n) is 0. The Morgan fingerprint density at radius 2 is 0.400 bits per heavy atom. The molecule has 0 atom stereocenters. The third kappa shape index (κ3) is 6280. The summed E-state index contributed by atoms with van der Waals surface area (Å²) in [6, 6.07) is 0. The fourth-order valence-electron chi connectivity index (χ4n) is 0. The first-order chi connectivity index (χ1) is 3.00. The first kappa shape index (κ1) is 10.3. The third-order valence-corrected chi connectivity index (χ3v) is 0. The van der Waals surface area contributed by atoms with Crippen molar-refractivity contribution in [3.63, 3.8) is 0 Å². The van der Waals surface area contributed by atoms with E-state index in [0.717, 1.165) is 0 Å². The van der Waals surface area contributed by atoms with E-state index in [4.69, 9.17) is 35.4 Å². The van der Waals surface area contributed by atoms with Crippen molar-refractivity contribution < 1.29 is 47.5 Å². The number of hydrogen-bond donors (Lipinski definition) is 9. The molecular formula is H9O9Zn. The molecule has 65 valence electrons. The Labute approximate surface area is 48.4 Å². The predicted molar refractivity (Wildman–Crippen MR) is 20.0 cm³/mol. The molecule has 0 radical (unpaired) electrons. The molecule has 0 aliphatic heterocycles. The molecule has 0 aromatic rings. The van der Waals surface area contributed by atoms with Gasteiger partial charge in [-0.3, -0.25) is 0 Å². The van der Waals surface area contributed by atoms with Crippen LogP contribution in [0.25, 0.3) is 0 Å². The van der Waals surface area contributed by atoms with E-state index in [2.05, 4.69) is 0 Å². The summed E-state index contributed by atoms with van der Waals surface area (Å²) in [7, 11) is 0. The molecule has 0 aromatic carbocycles. The van der Waals surface area contributed by atoms with Crippen molar-refractivity contribution in [2.24, 2.45) is 0 Å². The normalized spacial score (nSPS) is 35.1. The molecular weight excluding hydrogens is 209 g/mol. The maximum absolute atomic E-state index is 13.0. The maximum atomic E-state index is 7.46. The van der Waals surface area contributed by atoms with Crippen LogP contribution in [0.5, 0.6) is 0 Å². The van der Waals surface area contributed by atoms with Crippen LogP contribution in [0, 0.1) is 0 Å².